The monoisotopic (exact) mass is 495 g/mol. The van der Waals surface area contributed by atoms with E-state index in [1.165, 1.54) is 16.8 Å². The normalized spacial score (nSPS) is 15.6. The van der Waals surface area contributed by atoms with Gasteiger partial charge >= 0.3 is 6.01 Å². The molecule has 1 aliphatic heterocycles. The van der Waals surface area contributed by atoms with Crippen LogP contribution in [0.3, 0.4) is 0 Å². The van der Waals surface area contributed by atoms with Gasteiger partial charge in [-0.3, -0.25) is 15.4 Å². The molecule has 0 saturated carbocycles. The Morgan fingerprint density at radius 2 is 2.12 bits per heavy atom. The summed E-state index contributed by atoms with van der Waals surface area (Å²) in [6.07, 6.45) is 0. The van der Waals surface area contributed by atoms with E-state index in [4.69, 9.17) is 25.7 Å². The molecule has 34 heavy (non-hydrogen) atoms. The number of ether oxygens (including phenoxy) is 1. The van der Waals surface area contributed by atoms with Crippen LogP contribution < -0.4 is 20.7 Å². The second kappa shape index (κ2) is 9.12. The number of hydrogen-bond donors (Lipinski definition) is 3. The number of allylic oxidation sites excluding steroid dienone is 1. The van der Waals surface area contributed by atoms with Gasteiger partial charge in [-0.05, 0) is 37.3 Å². The summed E-state index contributed by atoms with van der Waals surface area (Å²) in [5.41, 5.74) is 4.41. The zero-order valence-electron chi connectivity index (χ0n) is 18.0. The minimum atomic E-state index is -0.747. The summed E-state index contributed by atoms with van der Waals surface area (Å²) in [6, 6.07) is 12.1. The summed E-state index contributed by atoms with van der Waals surface area (Å²) >= 11 is 7.75. The summed E-state index contributed by atoms with van der Waals surface area (Å²) in [5.74, 6) is 0.554. The molecule has 2 aromatic heterocycles. The van der Waals surface area contributed by atoms with Gasteiger partial charge in [0.05, 0.1) is 12.7 Å². The van der Waals surface area contributed by atoms with Crippen LogP contribution in [-0.2, 0) is 4.79 Å². The zero-order valence-corrected chi connectivity index (χ0v) is 19.6. The van der Waals surface area contributed by atoms with Crippen molar-refractivity contribution < 1.29 is 13.9 Å². The SMILES string of the molecule is COc1ccc(Cl)c(C2N=C(Nc3nc4ccccc4o3)NC(C)=C2C(=O)Nc2nncs2)c1. The van der Waals surface area contributed by atoms with E-state index >= 15 is 0 Å². The first kappa shape index (κ1) is 21.9. The Balaban J connectivity index is 1.53. The van der Waals surface area contributed by atoms with Crippen LogP contribution in [-0.4, -0.2) is 34.2 Å². The van der Waals surface area contributed by atoms with Crippen LogP contribution in [0.4, 0.5) is 11.1 Å². The Morgan fingerprint density at radius 1 is 1.26 bits per heavy atom. The molecule has 1 atom stereocenters. The number of para-hydroxylation sites is 2. The van der Waals surface area contributed by atoms with E-state index in [0.29, 0.717) is 49.8 Å². The third kappa shape index (κ3) is 4.30. The Bertz CT molecular complexity index is 1400. The molecule has 0 saturated heterocycles. The van der Waals surface area contributed by atoms with Crippen molar-refractivity contribution in [2.24, 2.45) is 4.99 Å². The van der Waals surface area contributed by atoms with Gasteiger partial charge in [-0.2, -0.15) is 4.98 Å². The van der Waals surface area contributed by atoms with E-state index in [-0.39, 0.29) is 11.9 Å². The summed E-state index contributed by atoms with van der Waals surface area (Å²) in [6.45, 7) is 1.78. The second-order valence-electron chi connectivity index (χ2n) is 7.24. The fraction of sp³-hybridized carbons (Fsp3) is 0.136. The molecule has 12 heteroatoms. The Kier molecular flexibility index (Phi) is 5.86. The van der Waals surface area contributed by atoms with Gasteiger partial charge in [0.2, 0.25) is 11.1 Å². The van der Waals surface area contributed by atoms with Gasteiger partial charge in [0, 0.05) is 16.3 Å². The van der Waals surface area contributed by atoms with Crippen LogP contribution in [0.25, 0.3) is 11.1 Å². The van der Waals surface area contributed by atoms with E-state index in [1.54, 1.807) is 32.2 Å². The summed E-state index contributed by atoms with van der Waals surface area (Å²) in [4.78, 5) is 22.4. The molecule has 3 heterocycles. The highest BCUT2D eigenvalue weighted by Crippen LogP contribution is 2.37. The average molecular weight is 496 g/mol. The van der Waals surface area contributed by atoms with Crippen molar-refractivity contribution >= 4 is 57.1 Å². The number of guanidine groups is 1. The molecule has 0 aliphatic carbocycles. The van der Waals surface area contributed by atoms with Crippen LogP contribution in [0.1, 0.15) is 18.5 Å². The van der Waals surface area contributed by atoms with E-state index < -0.39 is 6.04 Å². The zero-order chi connectivity index (χ0) is 23.7. The van der Waals surface area contributed by atoms with Gasteiger partial charge in [-0.15, -0.1) is 10.2 Å². The molecule has 4 aromatic rings. The number of aliphatic imine (C=N–C) groups is 1. The maximum absolute atomic E-state index is 13.2. The van der Waals surface area contributed by atoms with Crippen LogP contribution in [0, 0.1) is 0 Å². The predicted octanol–water partition coefficient (Wildman–Crippen LogP) is 4.37. The summed E-state index contributed by atoms with van der Waals surface area (Å²) in [7, 11) is 1.56. The van der Waals surface area contributed by atoms with Gasteiger partial charge < -0.3 is 14.5 Å². The minimum Gasteiger partial charge on any atom is -0.497 e. The van der Waals surface area contributed by atoms with Gasteiger partial charge in [0.15, 0.2) is 5.58 Å². The number of halogens is 1. The second-order valence-corrected chi connectivity index (χ2v) is 8.48. The van der Waals surface area contributed by atoms with Crippen molar-refractivity contribution in [3.8, 4) is 5.75 Å². The molecular weight excluding hydrogens is 478 g/mol. The maximum atomic E-state index is 13.2. The largest absolute Gasteiger partial charge is 0.497 e. The van der Waals surface area contributed by atoms with Gasteiger partial charge in [-0.25, -0.2) is 4.99 Å². The van der Waals surface area contributed by atoms with Crippen molar-refractivity contribution in [2.75, 3.05) is 17.7 Å². The first-order valence-corrected chi connectivity index (χ1v) is 11.4. The first-order valence-electron chi connectivity index (χ1n) is 10.1. The number of amides is 1. The maximum Gasteiger partial charge on any atom is 0.302 e. The van der Waals surface area contributed by atoms with E-state index in [1.807, 2.05) is 24.3 Å². The van der Waals surface area contributed by atoms with Gasteiger partial charge in [-0.1, -0.05) is 35.1 Å². The van der Waals surface area contributed by atoms with Gasteiger partial charge in [0.1, 0.15) is 22.8 Å². The van der Waals surface area contributed by atoms with Crippen LogP contribution >= 0.6 is 22.9 Å². The summed E-state index contributed by atoms with van der Waals surface area (Å²) in [5, 5.41) is 17.4. The smallest absolute Gasteiger partial charge is 0.302 e. The number of aromatic nitrogens is 3. The fourth-order valence-corrected chi connectivity index (χ4v) is 4.20. The molecule has 0 bridgehead atoms. The molecule has 2 aromatic carbocycles. The van der Waals surface area contributed by atoms with Crippen molar-refractivity contribution in [3.05, 3.63) is 69.8 Å². The third-order valence-electron chi connectivity index (χ3n) is 5.08. The average Bonchev–Trinajstić information content (AvgIpc) is 3.48. The van der Waals surface area contributed by atoms with Crippen LogP contribution in [0.5, 0.6) is 5.75 Å². The highest BCUT2D eigenvalue weighted by molar-refractivity contribution is 7.13. The fourth-order valence-electron chi connectivity index (χ4n) is 3.54. The lowest BCUT2D eigenvalue weighted by Crippen LogP contribution is -2.37. The molecule has 0 radical (unpaired) electrons. The third-order valence-corrected chi connectivity index (χ3v) is 6.03. The lowest BCUT2D eigenvalue weighted by Gasteiger charge is -2.27. The predicted molar refractivity (Wildman–Crippen MR) is 130 cm³/mol. The number of fused-ring (bicyclic) bond motifs is 1. The highest BCUT2D eigenvalue weighted by Gasteiger charge is 2.32. The first-order chi connectivity index (χ1) is 16.5. The Hall–Kier alpha value is -3.96. The molecule has 10 nitrogen and oxygen atoms in total. The number of nitrogens with one attached hydrogen (secondary N) is 3. The number of rotatable bonds is 5. The number of benzene rings is 2. The summed E-state index contributed by atoms with van der Waals surface area (Å²) < 4.78 is 11.1. The standard InChI is InChI=1S/C22H18ClN7O3S/c1-11-17(19(31)28-22-30-24-10-34-22)18(13-9-12(32-2)7-8-14(13)23)27-20(25-11)29-21-26-15-5-3-4-6-16(15)33-21/h3-10,18H,1-2H3,(H,28,30,31)(H2,25,26,27,29). The Labute approximate surface area is 202 Å². The molecule has 1 aliphatic rings. The molecule has 1 amide bonds. The van der Waals surface area contributed by atoms with Crippen molar-refractivity contribution in [1.82, 2.24) is 20.5 Å². The number of carbonyl (C=O) groups excluding carboxylic acids is 1. The molecule has 5 rings (SSSR count). The van der Waals surface area contributed by atoms with Gasteiger partial charge in [0.25, 0.3) is 5.91 Å². The van der Waals surface area contributed by atoms with Crippen LogP contribution in [0.15, 0.2) is 68.7 Å². The topological polar surface area (TPSA) is 127 Å². The molecule has 0 spiro atoms. The van der Waals surface area contributed by atoms with E-state index in [2.05, 4.69) is 31.1 Å². The van der Waals surface area contributed by atoms with Crippen molar-refractivity contribution in [2.45, 2.75) is 13.0 Å². The molecule has 0 fully saturated rings. The van der Waals surface area contributed by atoms with E-state index in [9.17, 15) is 4.79 Å². The molecular formula is C22H18ClN7O3S. The molecule has 3 N–H and O–H groups in total. The quantitative estimate of drug-likeness (QED) is 0.372. The molecule has 172 valence electrons. The lowest BCUT2D eigenvalue weighted by atomic mass is 9.95. The number of hydrogen-bond acceptors (Lipinski definition) is 10. The Morgan fingerprint density at radius 3 is 2.88 bits per heavy atom. The molecule has 1 unspecified atom stereocenters. The number of anilines is 2. The minimum absolute atomic E-state index is 0.262. The number of nitrogens with zero attached hydrogens (tertiary/aromatic N) is 4. The van der Waals surface area contributed by atoms with Crippen molar-refractivity contribution in [3.63, 3.8) is 0 Å². The lowest BCUT2D eigenvalue weighted by molar-refractivity contribution is -0.113. The number of oxazole rings is 1. The van der Waals surface area contributed by atoms with E-state index in [0.717, 1.165) is 0 Å². The number of carbonyl (C=O) groups is 1. The van der Waals surface area contributed by atoms with Crippen LogP contribution in [0.2, 0.25) is 5.02 Å². The van der Waals surface area contributed by atoms with Crippen molar-refractivity contribution in [1.29, 1.82) is 0 Å². The highest BCUT2D eigenvalue weighted by atomic mass is 35.5. The number of methoxy groups -OCH3 is 1.